The number of amides is 1. The molecule has 0 unspecified atom stereocenters. The van der Waals surface area contributed by atoms with E-state index in [1.54, 1.807) is 0 Å². The number of carbonyl (C=O) groups excluding carboxylic acids is 1. The number of carboxylic acid groups (broad SMARTS) is 2. The van der Waals surface area contributed by atoms with E-state index in [9.17, 15) is 4.79 Å². The summed E-state index contributed by atoms with van der Waals surface area (Å²) in [5, 5.41) is 17.8. The average molecular weight is 330 g/mol. The van der Waals surface area contributed by atoms with Crippen molar-refractivity contribution in [3.8, 4) is 0 Å². The lowest BCUT2D eigenvalue weighted by Gasteiger charge is -2.32. The summed E-state index contributed by atoms with van der Waals surface area (Å²) in [4.78, 5) is 32.6. The normalized spacial score (nSPS) is 15.9. The highest BCUT2D eigenvalue weighted by atomic mass is 16.4. The van der Waals surface area contributed by atoms with E-state index in [0.717, 1.165) is 38.4 Å². The van der Waals surface area contributed by atoms with Crippen molar-refractivity contribution < 1.29 is 24.6 Å². The maximum atomic E-state index is 11.9. The van der Waals surface area contributed by atoms with Crippen molar-refractivity contribution in [3.63, 3.8) is 0 Å². The van der Waals surface area contributed by atoms with E-state index in [1.165, 1.54) is 6.54 Å². The number of carbonyl (C=O) groups is 3. The van der Waals surface area contributed by atoms with Crippen LogP contribution in [0.15, 0.2) is 0 Å². The summed E-state index contributed by atoms with van der Waals surface area (Å²) in [5.74, 6) is -1.87. The number of rotatable bonds is 5. The van der Waals surface area contributed by atoms with Gasteiger partial charge in [0.05, 0.1) is 0 Å². The summed E-state index contributed by atoms with van der Waals surface area (Å²) in [6.07, 6.45) is 2.05. The van der Waals surface area contributed by atoms with Crippen LogP contribution >= 0.6 is 0 Å². The predicted octanol–water partition coefficient (Wildman–Crippen LogP) is 1.28. The molecule has 7 nitrogen and oxygen atoms in total. The summed E-state index contributed by atoms with van der Waals surface area (Å²) >= 11 is 0. The third-order valence-electron chi connectivity index (χ3n) is 3.45. The second kappa shape index (κ2) is 11.0. The predicted molar refractivity (Wildman–Crippen MR) is 87.1 cm³/mol. The Hall–Kier alpha value is -1.63. The Balaban J connectivity index is 0.000000688. The fourth-order valence-electron chi connectivity index (χ4n) is 2.34. The maximum absolute atomic E-state index is 11.9. The first-order valence-electron chi connectivity index (χ1n) is 8.09. The lowest BCUT2D eigenvalue weighted by Crippen LogP contribution is -2.42. The lowest BCUT2D eigenvalue weighted by molar-refractivity contribution is -0.159. The van der Waals surface area contributed by atoms with Crippen LogP contribution in [0.2, 0.25) is 0 Å². The molecule has 0 aromatic heterocycles. The number of likely N-dealkylation sites (tertiary alicyclic amines) is 1. The zero-order valence-electron chi connectivity index (χ0n) is 14.5. The highest BCUT2D eigenvalue weighted by Gasteiger charge is 2.24. The second-order valence-corrected chi connectivity index (χ2v) is 6.72. The van der Waals surface area contributed by atoms with Crippen molar-refractivity contribution in [2.24, 2.45) is 17.8 Å². The first kappa shape index (κ1) is 21.4. The summed E-state index contributed by atoms with van der Waals surface area (Å²) < 4.78 is 0. The maximum Gasteiger partial charge on any atom is 0.414 e. The van der Waals surface area contributed by atoms with Gasteiger partial charge in [0.2, 0.25) is 5.91 Å². The monoisotopic (exact) mass is 330 g/mol. The Morgan fingerprint density at radius 3 is 1.83 bits per heavy atom. The molecule has 3 N–H and O–H groups in total. The molecule has 1 saturated heterocycles. The molecule has 0 atom stereocenters. The van der Waals surface area contributed by atoms with Crippen LogP contribution in [-0.2, 0) is 14.4 Å². The number of hydrogen-bond donors (Lipinski definition) is 3. The zero-order chi connectivity index (χ0) is 18.0. The Morgan fingerprint density at radius 1 is 1.00 bits per heavy atom. The van der Waals surface area contributed by atoms with Crippen molar-refractivity contribution >= 4 is 17.8 Å². The number of piperidine rings is 1. The van der Waals surface area contributed by atoms with Crippen molar-refractivity contribution in [1.82, 2.24) is 10.2 Å². The molecule has 7 heteroatoms. The van der Waals surface area contributed by atoms with E-state index in [1.807, 2.05) is 0 Å². The summed E-state index contributed by atoms with van der Waals surface area (Å²) in [6.45, 7) is 12.9. The minimum atomic E-state index is -1.82. The van der Waals surface area contributed by atoms with Crippen LogP contribution in [0.25, 0.3) is 0 Å². The van der Waals surface area contributed by atoms with Gasteiger partial charge in [-0.05, 0) is 37.8 Å². The van der Waals surface area contributed by atoms with Gasteiger partial charge in [0, 0.05) is 19.0 Å². The van der Waals surface area contributed by atoms with Crippen molar-refractivity contribution in [2.75, 3.05) is 26.2 Å². The molecular weight excluding hydrogens is 300 g/mol. The molecule has 1 heterocycles. The average Bonchev–Trinajstić information content (AvgIpc) is 2.45. The van der Waals surface area contributed by atoms with Crippen LogP contribution in [0.3, 0.4) is 0 Å². The standard InChI is InChI=1S/C14H28N2O.C2H2O4/c1-11(2)9-15-14(17)13-5-7-16(8-6-13)10-12(3)4;3-1(4)2(5)6/h11-13H,5-10H2,1-4H3,(H,15,17);(H,3,4)(H,5,6). The highest BCUT2D eigenvalue weighted by Crippen LogP contribution is 2.18. The molecule has 1 fully saturated rings. The Labute approximate surface area is 138 Å². The van der Waals surface area contributed by atoms with Gasteiger partial charge in [-0.15, -0.1) is 0 Å². The van der Waals surface area contributed by atoms with Gasteiger partial charge in [0.15, 0.2) is 0 Å². The van der Waals surface area contributed by atoms with E-state index in [2.05, 4.69) is 37.9 Å². The van der Waals surface area contributed by atoms with E-state index >= 15 is 0 Å². The summed E-state index contributed by atoms with van der Waals surface area (Å²) in [7, 11) is 0. The van der Waals surface area contributed by atoms with Crippen LogP contribution in [0.1, 0.15) is 40.5 Å². The number of hydrogen-bond acceptors (Lipinski definition) is 4. The Morgan fingerprint density at radius 2 is 1.48 bits per heavy atom. The van der Waals surface area contributed by atoms with Gasteiger partial charge in [0.25, 0.3) is 0 Å². The van der Waals surface area contributed by atoms with Crippen molar-refractivity contribution in [2.45, 2.75) is 40.5 Å². The van der Waals surface area contributed by atoms with Gasteiger partial charge >= 0.3 is 11.9 Å². The van der Waals surface area contributed by atoms with Crippen LogP contribution in [-0.4, -0.2) is 59.1 Å². The summed E-state index contributed by atoms with van der Waals surface area (Å²) in [6, 6.07) is 0. The van der Waals surface area contributed by atoms with E-state index < -0.39 is 11.9 Å². The first-order chi connectivity index (χ1) is 10.6. The summed E-state index contributed by atoms with van der Waals surface area (Å²) in [5.41, 5.74) is 0. The fraction of sp³-hybridized carbons (Fsp3) is 0.812. The molecule has 0 aromatic carbocycles. The van der Waals surface area contributed by atoms with Gasteiger partial charge in [-0.25, -0.2) is 9.59 Å². The highest BCUT2D eigenvalue weighted by molar-refractivity contribution is 6.27. The van der Waals surface area contributed by atoms with Gasteiger partial charge in [0.1, 0.15) is 0 Å². The molecule has 1 amide bonds. The molecule has 1 aliphatic rings. The van der Waals surface area contributed by atoms with E-state index in [4.69, 9.17) is 19.8 Å². The smallest absolute Gasteiger partial charge is 0.414 e. The number of carboxylic acids is 2. The first-order valence-corrected chi connectivity index (χ1v) is 8.09. The van der Waals surface area contributed by atoms with Crippen LogP contribution in [0.5, 0.6) is 0 Å². The van der Waals surface area contributed by atoms with Crippen LogP contribution in [0.4, 0.5) is 0 Å². The molecule has 1 rings (SSSR count). The van der Waals surface area contributed by atoms with Gasteiger partial charge in [-0.3, -0.25) is 4.79 Å². The number of nitrogens with one attached hydrogen (secondary N) is 1. The molecule has 0 aromatic rings. The lowest BCUT2D eigenvalue weighted by atomic mass is 9.95. The zero-order valence-corrected chi connectivity index (χ0v) is 14.5. The topological polar surface area (TPSA) is 107 Å². The molecule has 0 bridgehead atoms. The third kappa shape index (κ3) is 10.7. The van der Waals surface area contributed by atoms with Crippen LogP contribution < -0.4 is 5.32 Å². The quantitative estimate of drug-likeness (QED) is 0.656. The third-order valence-corrected chi connectivity index (χ3v) is 3.45. The van der Waals surface area contributed by atoms with Gasteiger partial charge in [-0.1, -0.05) is 27.7 Å². The second-order valence-electron chi connectivity index (χ2n) is 6.72. The molecule has 0 saturated carbocycles. The largest absolute Gasteiger partial charge is 0.473 e. The molecular formula is C16H30N2O5. The SMILES string of the molecule is CC(C)CNC(=O)C1CCN(CC(C)C)CC1.O=C(O)C(=O)O. The van der Waals surface area contributed by atoms with Gasteiger partial charge in [-0.2, -0.15) is 0 Å². The molecule has 134 valence electrons. The van der Waals surface area contributed by atoms with E-state index in [-0.39, 0.29) is 11.8 Å². The van der Waals surface area contributed by atoms with Crippen LogP contribution in [0, 0.1) is 17.8 Å². The number of aliphatic carboxylic acids is 2. The molecule has 0 aliphatic carbocycles. The molecule has 1 aliphatic heterocycles. The van der Waals surface area contributed by atoms with Gasteiger partial charge < -0.3 is 20.4 Å². The van der Waals surface area contributed by atoms with Crippen molar-refractivity contribution in [1.29, 1.82) is 0 Å². The molecule has 0 spiro atoms. The van der Waals surface area contributed by atoms with Crippen molar-refractivity contribution in [3.05, 3.63) is 0 Å². The molecule has 0 radical (unpaired) electrons. The van der Waals surface area contributed by atoms with E-state index in [0.29, 0.717) is 5.92 Å². The number of nitrogens with zero attached hydrogens (tertiary/aromatic N) is 1. The molecule has 23 heavy (non-hydrogen) atoms. The fourth-order valence-corrected chi connectivity index (χ4v) is 2.34. The Bertz CT molecular complexity index is 376. The minimum absolute atomic E-state index is 0.247. The minimum Gasteiger partial charge on any atom is -0.473 e. The Kier molecular flexibility index (Phi) is 10.2.